The molecule has 5 nitrogen and oxygen atoms in total. The third-order valence-electron chi connectivity index (χ3n) is 4.38. The van der Waals surface area contributed by atoms with E-state index in [4.69, 9.17) is 16.0 Å². The second kappa shape index (κ2) is 7.29. The lowest BCUT2D eigenvalue weighted by Gasteiger charge is -2.07. The quantitative estimate of drug-likeness (QED) is 0.527. The van der Waals surface area contributed by atoms with Crippen molar-refractivity contribution in [3.63, 3.8) is 0 Å². The van der Waals surface area contributed by atoms with E-state index in [0.29, 0.717) is 28.5 Å². The van der Waals surface area contributed by atoms with E-state index in [2.05, 4.69) is 10.3 Å². The second-order valence-electron chi connectivity index (χ2n) is 6.26. The Labute approximate surface area is 161 Å². The smallest absolute Gasteiger partial charge is 0.253 e. The van der Waals surface area contributed by atoms with Crippen LogP contribution in [0.3, 0.4) is 0 Å². The van der Waals surface area contributed by atoms with Crippen LogP contribution in [0.1, 0.15) is 23.7 Å². The molecule has 0 saturated carbocycles. The van der Waals surface area contributed by atoms with Crippen LogP contribution in [0.15, 0.2) is 65.7 Å². The van der Waals surface area contributed by atoms with Gasteiger partial charge >= 0.3 is 0 Å². The first-order valence-corrected chi connectivity index (χ1v) is 9.13. The Hall–Kier alpha value is -3.05. The lowest BCUT2D eigenvalue weighted by atomic mass is 10.1. The van der Waals surface area contributed by atoms with E-state index in [0.717, 1.165) is 23.1 Å². The lowest BCUT2D eigenvalue weighted by Crippen LogP contribution is -2.24. The molecule has 3 heterocycles. The molecule has 27 heavy (non-hydrogen) atoms. The van der Waals surface area contributed by atoms with Crippen LogP contribution >= 0.6 is 11.6 Å². The Morgan fingerprint density at radius 2 is 2.11 bits per heavy atom. The number of halogens is 1. The van der Waals surface area contributed by atoms with Gasteiger partial charge in [0.15, 0.2) is 6.39 Å². The number of amides is 1. The number of fused-ring (bicyclic) bond motifs is 1. The fourth-order valence-corrected chi connectivity index (χ4v) is 3.30. The Balaban J connectivity index is 1.89. The molecular weight excluding hydrogens is 362 g/mol. The van der Waals surface area contributed by atoms with E-state index in [9.17, 15) is 4.79 Å². The summed E-state index contributed by atoms with van der Waals surface area (Å²) in [4.78, 5) is 16.9. The molecule has 0 atom stereocenters. The molecule has 0 fully saturated rings. The van der Waals surface area contributed by atoms with Crippen molar-refractivity contribution in [1.82, 2.24) is 14.7 Å². The third kappa shape index (κ3) is 3.34. The average molecular weight is 380 g/mol. The van der Waals surface area contributed by atoms with Crippen molar-refractivity contribution in [2.75, 3.05) is 6.54 Å². The van der Waals surface area contributed by atoms with E-state index < -0.39 is 0 Å². The fourth-order valence-electron chi connectivity index (χ4n) is 3.11. The molecule has 1 amide bonds. The van der Waals surface area contributed by atoms with Gasteiger partial charge in [0.05, 0.1) is 11.3 Å². The van der Waals surface area contributed by atoms with Crippen LogP contribution in [-0.4, -0.2) is 21.8 Å². The first kappa shape index (κ1) is 17.4. The maximum absolute atomic E-state index is 12.7. The van der Waals surface area contributed by atoms with Gasteiger partial charge in [-0.1, -0.05) is 36.7 Å². The topological polar surface area (TPSA) is 59.5 Å². The molecule has 0 aliphatic heterocycles. The van der Waals surface area contributed by atoms with E-state index in [1.807, 2.05) is 60.0 Å². The highest BCUT2D eigenvalue weighted by Gasteiger charge is 2.20. The summed E-state index contributed by atoms with van der Waals surface area (Å²) in [5, 5.41) is 3.61. The van der Waals surface area contributed by atoms with Crippen LogP contribution < -0.4 is 5.32 Å². The molecule has 6 heteroatoms. The Bertz CT molecular complexity index is 1100. The van der Waals surface area contributed by atoms with Gasteiger partial charge in [0, 0.05) is 23.3 Å². The van der Waals surface area contributed by atoms with Gasteiger partial charge in [-0.2, -0.15) is 0 Å². The Morgan fingerprint density at radius 1 is 1.22 bits per heavy atom. The molecule has 0 spiro atoms. The summed E-state index contributed by atoms with van der Waals surface area (Å²) in [6.45, 7) is 2.64. The first-order valence-electron chi connectivity index (χ1n) is 8.75. The highest BCUT2D eigenvalue weighted by molar-refractivity contribution is 6.30. The van der Waals surface area contributed by atoms with Gasteiger partial charge < -0.3 is 14.1 Å². The number of hydrogen-bond acceptors (Lipinski definition) is 3. The molecular formula is C21H18ClN3O2. The van der Waals surface area contributed by atoms with Crippen molar-refractivity contribution in [2.24, 2.45) is 0 Å². The zero-order valence-electron chi connectivity index (χ0n) is 14.8. The summed E-state index contributed by atoms with van der Waals surface area (Å²) in [7, 11) is 0. The molecule has 0 radical (unpaired) electrons. The van der Waals surface area contributed by atoms with Crippen molar-refractivity contribution in [3.05, 3.63) is 71.9 Å². The number of carbonyl (C=O) groups is 1. The van der Waals surface area contributed by atoms with Crippen LogP contribution in [0.5, 0.6) is 0 Å². The summed E-state index contributed by atoms with van der Waals surface area (Å²) in [6.07, 6.45) is 5.77. The molecule has 0 aliphatic rings. The summed E-state index contributed by atoms with van der Waals surface area (Å²) in [5.74, 6) is -0.122. The van der Waals surface area contributed by atoms with Crippen LogP contribution in [0, 0.1) is 0 Å². The van der Waals surface area contributed by atoms with Crippen LogP contribution in [-0.2, 0) is 0 Å². The molecule has 0 unspecified atom stereocenters. The van der Waals surface area contributed by atoms with E-state index >= 15 is 0 Å². The van der Waals surface area contributed by atoms with Gasteiger partial charge in [0.1, 0.15) is 12.0 Å². The summed E-state index contributed by atoms with van der Waals surface area (Å²) in [6, 6.07) is 13.5. The number of pyridine rings is 1. The third-order valence-corrected chi connectivity index (χ3v) is 4.62. The maximum Gasteiger partial charge on any atom is 0.253 e. The highest BCUT2D eigenvalue weighted by atomic mass is 35.5. The minimum absolute atomic E-state index is 0.122. The summed E-state index contributed by atoms with van der Waals surface area (Å²) < 4.78 is 7.13. The van der Waals surface area contributed by atoms with E-state index in [-0.39, 0.29) is 5.91 Å². The number of nitrogens with one attached hydrogen (secondary N) is 1. The molecule has 3 aromatic heterocycles. The number of aromatic nitrogens is 2. The lowest BCUT2D eigenvalue weighted by molar-refractivity contribution is 0.0954. The van der Waals surface area contributed by atoms with Crippen LogP contribution in [0.4, 0.5) is 0 Å². The number of benzene rings is 1. The molecule has 1 N–H and O–H groups in total. The van der Waals surface area contributed by atoms with Crippen molar-refractivity contribution in [3.8, 4) is 22.5 Å². The van der Waals surface area contributed by atoms with Gasteiger partial charge in [-0.3, -0.25) is 4.79 Å². The Morgan fingerprint density at radius 3 is 2.85 bits per heavy atom. The minimum Gasteiger partial charge on any atom is -0.451 e. The Kier molecular flexibility index (Phi) is 4.69. The van der Waals surface area contributed by atoms with E-state index in [1.54, 1.807) is 6.26 Å². The van der Waals surface area contributed by atoms with Crippen molar-refractivity contribution in [2.45, 2.75) is 13.3 Å². The number of hydrogen-bond donors (Lipinski definition) is 1. The normalized spacial score (nSPS) is 11.0. The highest BCUT2D eigenvalue weighted by Crippen LogP contribution is 2.30. The molecule has 1 aromatic carbocycles. The zero-order valence-corrected chi connectivity index (χ0v) is 15.5. The van der Waals surface area contributed by atoms with Crippen LogP contribution in [0.2, 0.25) is 5.02 Å². The fraction of sp³-hybridized carbons (Fsp3) is 0.143. The summed E-state index contributed by atoms with van der Waals surface area (Å²) >= 11 is 6.14. The summed E-state index contributed by atoms with van der Waals surface area (Å²) in [5.41, 5.74) is 4.78. The zero-order chi connectivity index (χ0) is 18.8. The SMILES string of the molecule is CCCNC(=O)c1cc2ccc(-c3cccc(Cl)c3)cn2c1-c1cocn1. The number of nitrogens with zero attached hydrogens (tertiary/aromatic N) is 2. The van der Waals surface area contributed by atoms with Gasteiger partial charge in [0.2, 0.25) is 0 Å². The van der Waals surface area contributed by atoms with Gasteiger partial charge in [-0.15, -0.1) is 0 Å². The standard InChI is InChI=1S/C21H18ClN3O2/c1-2-8-23-21(26)18-10-17-7-6-15(14-4-3-5-16(22)9-14)11-25(17)20(18)19-12-27-13-24-19/h3-7,9-13H,2,8H2,1H3,(H,23,26). The number of oxazole rings is 1. The second-order valence-corrected chi connectivity index (χ2v) is 6.70. The monoisotopic (exact) mass is 379 g/mol. The van der Waals surface area contributed by atoms with Crippen molar-refractivity contribution < 1.29 is 9.21 Å². The molecule has 0 bridgehead atoms. The van der Waals surface area contributed by atoms with Crippen LogP contribution in [0.25, 0.3) is 28.0 Å². The van der Waals surface area contributed by atoms with Gasteiger partial charge in [-0.25, -0.2) is 4.98 Å². The molecule has 0 saturated heterocycles. The first-order chi connectivity index (χ1) is 13.2. The predicted molar refractivity (Wildman–Crippen MR) is 106 cm³/mol. The molecule has 136 valence electrons. The van der Waals surface area contributed by atoms with Crippen molar-refractivity contribution in [1.29, 1.82) is 0 Å². The number of carbonyl (C=O) groups excluding carboxylic acids is 1. The molecule has 0 aliphatic carbocycles. The largest absolute Gasteiger partial charge is 0.451 e. The molecule has 4 rings (SSSR count). The van der Waals surface area contributed by atoms with Gasteiger partial charge in [0.25, 0.3) is 5.91 Å². The van der Waals surface area contributed by atoms with E-state index in [1.165, 1.54) is 6.39 Å². The van der Waals surface area contributed by atoms with Gasteiger partial charge in [-0.05, 0) is 41.8 Å². The minimum atomic E-state index is -0.122. The predicted octanol–water partition coefficient (Wildman–Crippen LogP) is 5.05. The van der Waals surface area contributed by atoms with Crippen molar-refractivity contribution >= 4 is 23.0 Å². The number of rotatable bonds is 5. The average Bonchev–Trinajstić information content (AvgIpc) is 3.32. The molecule has 4 aromatic rings. The maximum atomic E-state index is 12.7.